The Bertz CT molecular complexity index is 1010. The first-order valence-corrected chi connectivity index (χ1v) is 8.72. The van der Waals surface area contributed by atoms with Gasteiger partial charge in [0, 0.05) is 16.3 Å². The second-order valence-electron chi connectivity index (χ2n) is 5.98. The number of amides is 1. The van der Waals surface area contributed by atoms with Crippen molar-refractivity contribution < 1.29 is 18.0 Å². The summed E-state index contributed by atoms with van der Waals surface area (Å²) in [5.41, 5.74) is 0.752. The van der Waals surface area contributed by atoms with E-state index in [1.165, 1.54) is 12.1 Å². The van der Waals surface area contributed by atoms with E-state index >= 15 is 0 Å². The molecule has 28 heavy (non-hydrogen) atoms. The fourth-order valence-electron chi connectivity index (χ4n) is 2.62. The van der Waals surface area contributed by atoms with Crippen LogP contribution in [0.3, 0.4) is 0 Å². The van der Waals surface area contributed by atoms with Crippen molar-refractivity contribution in [3.8, 4) is 0 Å². The molecule has 0 unspecified atom stereocenters. The zero-order valence-corrected chi connectivity index (χ0v) is 15.3. The number of carbonyl (C=O) groups is 1. The molecule has 0 aliphatic heterocycles. The topological polar surface area (TPSA) is 29.1 Å². The number of benzene rings is 3. The predicted octanol–water partition coefficient (Wildman–Crippen LogP) is 6.54. The highest BCUT2D eigenvalue weighted by atomic mass is 35.5. The SMILES string of the molecule is O=C(Nc1cccc(C(F)(F)F)c1)/C(=C/c1ccccc1Cl)c1ccccc1. The number of halogens is 4. The monoisotopic (exact) mass is 401 g/mol. The first kappa shape index (κ1) is 19.7. The molecule has 142 valence electrons. The van der Waals surface area contributed by atoms with E-state index in [0.717, 1.165) is 12.1 Å². The van der Waals surface area contributed by atoms with Crippen molar-refractivity contribution in [2.45, 2.75) is 6.18 Å². The molecular weight excluding hydrogens is 387 g/mol. The van der Waals surface area contributed by atoms with E-state index in [-0.39, 0.29) is 11.3 Å². The van der Waals surface area contributed by atoms with Crippen molar-refractivity contribution in [2.75, 3.05) is 5.32 Å². The average molecular weight is 402 g/mol. The summed E-state index contributed by atoms with van der Waals surface area (Å²) in [6, 6.07) is 20.3. The van der Waals surface area contributed by atoms with E-state index in [2.05, 4.69) is 5.32 Å². The van der Waals surface area contributed by atoms with Gasteiger partial charge in [-0.2, -0.15) is 13.2 Å². The van der Waals surface area contributed by atoms with Crippen LogP contribution in [0.2, 0.25) is 5.02 Å². The number of carbonyl (C=O) groups excluding carboxylic acids is 1. The highest BCUT2D eigenvalue weighted by Gasteiger charge is 2.30. The summed E-state index contributed by atoms with van der Waals surface area (Å²) in [6.07, 6.45) is -2.88. The van der Waals surface area contributed by atoms with Gasteiger partial charge in [-0.05, 0) is 41.5 Å². The van der Waals surface area contributed by atoms with Crippen molar-refractivity contribution in [1.82, 2.24) is 0 Å². The van der Waals surface area contributed by atoms with Gasteiger partial charge in [-0.3, -0.25) is 4.79 Å². The molecule has 1 N–H and O–H groups in total. The molecule has 2 nitrogen and oxygen atoms in total. The van der Waals surface area contributed by atoms with Gasteiger partial charge < -0.3 is 5.32 Å². The third-order valence-electron chi connectivity index (χ3n) is 3.98. The molecule has 0 bridgehead atoms. The van der Waals surface area contributed by atoms with Crippen LogP contribution in [-0.2, 0) is 11.0 Å². The molecule has 3 aromatic rings. The van der Waals surface area contributed by atoms with Crippen LogP contribution in [0.25, 0.3) is 11.6 Å². The van der Waals surface area contributed by atoms with Crippen LogP contribution in [0.1, 0.15) is 16.7 Å². The second-order valence-corrected chi connectivity index (χ2v) is 6.39. The van der Waals surface area contributed by atoms with E-state index in [9.17, 15) is 18.0 Å². The third kappa shape index (κ3) is 4.81. The van der Waals surface area contributed by atoms with Crippen LogP contribution in [-0.4, -0.2) is 5.91 Å². The fraction of sp³-hybridized carbons (Fsp3) is 0.0455. The summed E-state index contributed by atoms with van der Waals surface area (Å²) >= 11 is 6.19. The van der Waals surface area contributed by atoms with Gasteiger partial charge in [0.05, 0.1) is 5.56 Å². The summed E-state index contributed by atoms with van der Waals surface area (Å²) in [6.45, 7) is 0. The first-order valence-electron chi connectivity index (χ1n) is 8.35. The maximum atomic E-state index is 12.9. The van der Waals surface area contributed by atoms with E-state index < -0.39 is 17.6 Å². The smallest absolute Gasteiger partial charge is 0.322 e. The minimum Gasteiger partial charge on any atom is -0.322 e. The molecule has 3 aromatic carbocycles. The van der Waals surface area contributed by atoms with Crippen molar-refractivity contribution in [3.63, 3.8) is 0 Å². The Morgan fingerprint density at radius 1 is 0.893 bits per heavy atom. The van der Waals surface area contributed by atoms with Gasteiger partial charge in [0.25, 0.3) is 5.91 Å². The summed E-state index contributed by atoms with van der Waals surface area (Å²) in [5, 5.41) is 3.00. The molecule has 1 amide bonds. The van der Waals surface area contributed by atoms with E-state index in [4.69, 9.17) is 11.6 Å². The lowest BCUT2D eigenvalue weighted by atomic mass is 10.0. The second kappa shape index (κ2) is 8.31. The Hall–Kier alpha value is -3.05. The molecule has 0 aromatic heterocycles. The molecule has 0 saturated heterocycles. The Morgan fingerprint density at radius 2 is 1.57 bits per heavy atom. The van der Waals surface area contributed by atoms with Crippen LogP contribution in [0.4, 0.5) is 18.9 Å². The number of nitrogens with one attached hydrogen (secondary N) is 1. The lowest BCUT2D eigenvalue weighted by Crippen LogP contribution is -2.14. The molecule has 0 atom stereocenters. The van der Waals surface area contributed by atoms with Crippen LogP contribution >= 0.6 is 11.6 Å². The van der Waals surface area contributed by atoms with Crippen LogP contribution in [0, 0.1) is 0 Å². The molecular formula is C22H15ClF3NO. The van der Waals surface area contributed by atoms with Crippen molar-refractivity contribution in [3.05, 3.63) is 101 Å². The predicted molar refractivity (Wildman–Crippen MR) is 106 cm³/mol. The number of hydrogen-bond acceptors (Lipinski definition) is 1. The summed E-state index contributed by atoms with van der Waals surface area (Å²) in [4.78, 5) is 12.9. The lowest BCUT2D eigenvalue weighted by molar-refractivity contribution is -0.137. The quantitative estimate of drug-likeness (QED) is 0.390. The zero-order valence-electron chi connectivity index (χ0n) is 14.5. The number of anilines is 1. The van der Waals surface area contributed by atoms with E-state index in [1.54, 1.807) is 60.7 Å². The molecule has 0 radical (unpaired) electrons. The third-order valence-corrected chi connectivity index (χ3v) is 4.33. The Balaban J connectivity index is 1.98. The fourth-order valence-corrected chi connectivity index (χ4v) is 2.81. The van der Waals surface area contributed by atoms with Gasteiger partial charge >= 0.3 is 6.18 Å². The number of rotatable bonds is 4. The van der Waals surface area contributed by atoms with Gasteiger partial charge in [-0.1, -0.05) is 66.2 Å². The van der Waals surface area contributed by atoms with Crippen molar-refractivity contribution >= 4 is 34.8 Å². The highest BCUT2D eigenvalue weighted by Crippen LogP contribution is 2.31. The lowest BCUT2D eigenvalue weighted by Gasteiger charge is -2.12. The van der Waals surface area contributed by atoms with Crippen LogP contribution in [0.15, 0.2) is 78.9 Å². The Labute approximate surface area is 165 Å². The van der Waals surface area contributed by atoms with Gasteiger partial charge in [-0.25, -0.2) is 0 Å². The molecule has 0 fully saturated rings. The van der Waals surface area contributed by atoms with E-state index in [1.807, 2.05) is 0 Å². The number of hydrogen-bond donors (Lipinski definition) is 1. The normalized spacial score (nSPS) is 11.9. The average Bonchev–Trinajstić information content (AvgIpc) is 2.67. The Morgan fingerprint density at radius 3 is 2.25 bits per heavy atom. The minimum atomic E-state index is -4.49. The first-order chi connectivity index (χ1) is 13.3. The van der Waals surface area contributed by atoms with Crippen LogP contribution in [0.5, 0.6) is 0 Å². The molecule has 3 rings (SSSR count). The van der Waals surface area contributed by atoms with Gasteiger partial charge in [0.2, 0.25) is 0 Å². The highest BCUT2D eigenvalue weighted by molar-refractivity contribution is 6.34. The maximum absolute atomic E-state index is 12.9. The molecule has 0 saturated carbocycles. The maximum Gasteiger partial charge on any atom is 0.416 e. The summed E-state index contributed by atoms with van der Waals surface area (Å²) in [7, 11) is 0. The Kier molecular flexibility index (Phi) is 5.85. The minimum absolute atomic E-state index is 0.0563. The van der Waals surface area contributed by atoms with Gasteiger partial charge in [-0.15, -0.1) is 0 Å². The molecule has 0 heterocycles. The number of alkyl halides is 3. The van der Waals surface area contributed by atoms with Crippen molar-refractivity contribution in [2.24, 2.45) is 0 Å². The molecule has 0 aliphatic rings. The summed E-state index contributed by atoms with van der Waals surface area (Å²) in [5.74, 6) is -0.537. The standard InChI is InChI=1S/C22H15ClF3NO/c23-20-12-5-4-9-16(20)13-19(15-7-2-1-3-8-15)21(28)27-18-11-6-10-17(14-18)22(24,25)26/h1-14H,(H,27,28)/b19-13+. The molecule has 0 aliphatic carbocycles. The summed E-state index contributed by atoms with van der Waals surface area (Å²) < 4.78 is 38.8. The largest absolute Gasteiger partial charge is 0.416 e. The van der Waals surface area contributed by atoms with Crippen LogP contribution < -0.4 is 5.32 Å². The van der Waals surface area contributed by atoms with Gasteiger partial charge in [0.15, 0.2) is 0 Å². The zero-order chi connectivity index (χ0) is 20.1. The molecule has 6 heteroatoms. The van der Waals surface area contributed by atoms with E-state index in [0.29, 0.717) is 16.1 Å². The van der Waals surface area contributed by atoms with Crippen molar-refractivity contribution in [1.29, 1.82) is 0 Å². The van der Waals surface area contributed by atoms with Gasteiger partial charge in [0.1, 0.15) is 0 Å². The molecule has 0 spiro atoms.